The van der Waals surface area contributed by atoms with Crippen LogP contribution in [0.1, 0.15) is 88.7 Å². The number of nitrogens with one attached hydrogen (secondary N) is 1. The average Bonchev–Trinajstić information content (AvgIpc) is 3.01. The van der Waals surface area contributed by atoms with Crippen molar-refractivity contribution in [1.82, 2.24) is 4.98 Å². The zero-order valence-corrected chi connectivity index (χ0v) is 26.5. The summed E-state index contributed by atoms with van der Waals surface area (Å²) in [6, 6.07) is 22.6. The van der Waals surface area contributed by atoms with Crippen LogP contribution in [0.5, 0.6) is 5.75 Å². The third-order valence-electron chi connectivity index (χ3n) is 8.04. The smallest absolute Gasteiger partial charge is 0.309 e. The maximum atomic E-state index is 11.8. The monoisotopic (exact) mass is 586 g/mol. The van der Waals surface area contributed by atoms with Crippen molar-refractivity contribution in [1.29, 1.82) is 0 Å². The van der Waals surface area contributed by atoms with E-state index in [4.69, 9.17) is 14.5 Å². The van der Waals surface area contributed by atoms with Crippen molar-refractivity contribution in [3.8, 4) is 5.75 Å². The number of aromatic nitrogens is 1. The van der Waals surface area contributed by atoms with Crippen LogP contribution >= 0.6 is 0 Å². The number of carboxylic acid groups (broad SMARTS) is 1. The number of aliphatic carboxylic acids is 1. The van der Waals surface area contributed by atoms with E-state index in [2.05, 4.69) is 49.5 Å². The summed E-state index contributed by atoms with van der Waals surface area (Å²) >= 11 is 0. The largest absolute Gasteiger partial charge is 0.494 e. The third kappa shape index (κ3) is 11.9. The van der Waals surface area contributed by atoms with Crippen molar-refractivity contribution in [3.63, 3.8) is 0 Å². The second kappa shape index (κ2) is 18.1. The Morgan fingerprint density at radius 1 is 0.977 bits per heavy atom. The number of pyridine rings is 1. The number of carboxylic acids is 1. The molecule has 0 aliphatic heterocycles. The minimum atomic E-state index is -0.712. The van der Waals surface area contributed by atoms with Gasteiger partial charge in [-0.3, -0.25) is 9.78 Å². The van der Waals surface area contributed by atoms with Crippen LogP contribution in [0.3, 0.4) is 0 Å². The van der Waals surface area contributed by atoms with Crippen LogP contribution in [-0.2, 0) is 22.6 Å². The molecule has 6 nitrogen and oxygen atoms in total. The highest BCUT2D eigenvalue weighted by Gasteiger charge is 2.34. The number of rotatable bonds is 20. The minimum Gasteiger partial charge on any atom is -0.494 e. The average molecular weight is 587 g/mol. The molecule has 43 heavy (non-hydrogen) atoms. The molecule has 2 N–H and O–H groups in total. The van der Waals surface area contributed by atoms with E-state index < -0.39 is 11.4 Å². The lowest BCUT2D eigenvalue weighted by atomic mass is 9.79. The van der Waals surface area contributed by atoms with Crippen LogP contribution in [0, 0.1) is 11.3 Å². The van der Waals surface area contributed by atoms with E-state index in [0.29, 0.717) is 44.9 Å². The maximum Gasteiger partial charge on any atom is 0.309 e. The molecule has 0 saturated carbocycles. The first-order chi connectivity index (χ1) is 20.8. The second-order valence-corrected chi connectivity index (χ2v) is 11.7. The van der Waals surface area contributed by atoms with Gasteiger partial charge in [0, 0.05) is 18.8 Å². The Kier molecular flexibility index (Phi) is 14.3. The highest BCUT2D eigenvalue weighted by atomic mass is 16.5. The van der Waals surface area contributed by atoms with Gasteiger partial charge in [-0.15, -0.1) is 0 Å². The number of ether oxygens (including phenoxy) is 2. The maximum absolute atomic E-state index is 11.8. The summed E-state index contributed by atoms with van der Waals surface area (Å²) in [5.74, 6) is 0.892. The van der Waals surface area contributed by atoms with Crippen LogP contribution in [0.2, 0.25) is 0 Å². The molecule has 1 heterocycles. The van der Waals surface area contributed by atoms with Crippen molar-refractivity contribution in [2.75, 3.05) is 25.1 Å². The van der Waals surface area contributed by atoms with Gasteiger partial charge in [-0.1, -0.05) is 64.1 Å². The molecule has 0 radical (unpaired) electrons. The fraction of sp³-hybridized carbons (Fsp3) is 0.459. The fourth-order valence-electron chi connectivity index (χ4n) is 4.94. The van der Waals surface area contributed by atoms with Crippen LogP contribution < -0.4 is 10.1 Å². The Balaban J connectivity index is 1.38. The molecule has 6 heteroatoms. The van der Waals surface area contributed by atoms with Crippen molar-refractivity contribution >= 4 is 23.8 Å². The van der Waals surface area contributed by atoms with E-state index in [0.717, 1.165) is 60.7 Å². The number of nitrogens with zero attached hydrogens (tertiary/aromatic N) is 1. The molecular weight excluding hydrogens is 536 g/mol. The summed E-state index contributed by atoms with van der Waals surface area (Å²) in [6.45, 7) is 10.9. The zero-order chi connectivity index (χ0) is 30.9. The van der Waals surface area contributed by atoms with E-state index in [1.807, 2.05) is 62.4 Å². The van der Waals surface area contributed by atoms with Gasteiger partial charge < -0.3 is 19.9 Å². The summed E-state index contributed by atoms with van der Waals surface area (Å²) in [5.41, 5.74) is 4.49. The van der Waals surface area contributed by atoms with E-state index in [1.54, 1.807) is 0 Å². The Morgan fingerprint density at radius 2 is 1.74 bits per heavy atom. The Hall–Kier alpha value is -3.64. The molecule has 0 aliphatic rings. The zero-order valence-electron chi connectivity index (χ0n) is 26.5. The van der Waals surface area contributed by atoms with Gasteiger partial charge in [-0.05, 0) is 104 Å². The predicted molar refractivity (Wildman–Crippen MR) is 177 cm³/mol. The second-order valence-electron chi connectivity index (χ2n) is 11.7. The topological polar surface area (TPSA) is 80.7 Å². The van der Waals surface area contributed by atoms with E-state index >= 15 is 0 Å². The summed E-state index contributed by atoms with van der Waals surface area (Å²) in [7, 11) is 0. The number of anilines is 1. The molecule has 232 valence electrons. The van der Waals surface area contributed by atoms with E-state index in [9.17, 15) is 9.90 Å². The Morgan fingerprint density at radius 3 is 2.47 bits per heavy atom. The lowest BCUT2D eigenvalue weighted by Crippen LogP contribution is -2.31. The molecule has 0 unspecified atom stereocenters. The SMILES string of the molecule is CCC(CC)(CCNc1cccc(C=Cc2cccc(COCCCCc3ccc(OCCC(C)C)cc3)n2)c1)C(=O)O. The van der Waals surface area contributed by atoms with Crippen molar-refractivity contribution in [2.45, 2.75) is 79.2 Å². The summed E-state index contributed by atoms with van der Waals surface area (Å²) < 4.78 is 11.7. The Labute approximate surface area is 258 Å². The highest BCUT2D eigenvalue weighted by molar-refractivity contribution is 5.74. The molecule has 0 aliphatic carbocycles. The van der Waals surface area contributed by atoms with Gasteiger partial charge in [0.2, 0.25) is 0 Å². The summed E-state index contributed by atoms with van der Waals surface area (Å²) in [4.78, 5) is 16.5. The normalized spacial score (nSPS) is 11.7. The van der Waals surface area contributed by atoms with Crippen LogP contribution in [0.4, 0.5) is 5.69 Å². The standard InChI is InChI=1S/C37H50N2O4/c1-5-37(6-2,36(40)41)23-24-38-33-14-9-12-31(27-33)16-19-32-13-10-15-34(39-32)28-42-25-8-7-11-30-17-20-35(21-18-30)43-26-22-29(3)4/h9-10,12-21,27,29,38H,5-8,11,22-26,28H2,1-4H3,(H,40,41). The van der Waals surface area contributed by atoms with E-state index in [1.165, 1.54) is 5.56 Å². The van der Waals surface area contributed by atoms with Gasteiger partial charge in [0.05, 0.1) is 30.0 Å². The molecule has 0 bridgehead atoms. The molecule has 3 rings (SSSR count). The molecule has 0 spiro atoms. The number of benzene rings is 2. The predicted octanol–water partition coefficient (Wildman–Crippen LogP) is 8.91. The number of aryl methyl sites for hydroxylation is 1. The van der Waals surface area contributed by atoms with Crippen molar-refractivity contribution in [2.24, 2.45) is 11.3 Å². The van der Waals surface area contributed by atoms with Gasteiger partial charge in [-0.2, -0.15) is 0 Å². The van der Waals surface area contributed by atoms with Gasteiger partial charge in [0.1, 0.15) is 5.75 Å². The third-order valence-corrected chi connectivity index (χ3v) is 8.04. The van der Waals surface area contributed by atoms with Gasteiger partial charge in [-0.25, -0.2) is 0 Å². The Bertz CT molecular complexity index is 1270. The summed E-state index contributed by atoms with van der Waals surface area (Å²) in [5, 5.41) is 13.1. The first-order valence-corrected chi connectivity index (χ1v) is 15.8. The molecule has 1 aromatic heterocycles. The van der Waals surface area contributed by atoms with Gasteiger partial charge >= 0.3 is 5.97 Å². The minimum absolute atomic E-state index is 0.497. The van der Waals surface area contributed by atoms with Gasteiger partial charge in [0.15, 0.2) is 0 Å². The van der Waals surface area contributed by atoms with Crippen LogP contribution in [0.15, 0.2) is 66.7 Å². The molecule has 2 aromatic carbocycles. The molecule has 0 atom stereocenters. The van der Waals surface area contributed by atoms with E-state index in [-0.39, 0.29) is 0 Å². The molecule has 0 fully saturated rings. The number of carbonyl (C=O) groups is 1. The highest BCUT2D eigenvalue weighted by Crippen LogP contribution is 2.31. The molecule has 0 saturated heterocycles. The number of unbranched alkanes of at least 4 members (excludes halogenated alkanes) is 1. The summed E-state index contributed by atoms with van der Waals surface area (Å²) in [6.07, 6.45) is 10.1. The van der Waals surface area contributed by atoms with Crippen LogP contribution in [-0.4, -0.2) is 35.8 Å². The lowest BCUT2D eigenvalue weighted by molar-refractivity contribution is -0.149. The van der Waals surface area contributed by atoms with Gasteiger partial charge in [0.25, 0.3) is 0 Å². The first-order valence-electron chi connectivity index (χ1n) is 15.8. The van der Waals surface area contributed by atoms with Crippen LogP contribution in [0.25, 0.3) is 12.2 Å². The van der Waals surface area contributed by atoms with Crippen molar-refractivity contribution < 1.29 is 19.4 Å². The fourth-order valence-corrected chi connectivity index (χ4v) is 4.94. The molecular formula is C37H50N2O4. The number of hydrogen-bond acceptors (Lipinski definition) is 5. The first kappa shape index (κ1) is 33.9. The molecule has 3 aromatic rings. The molecule has 0 amide bonds. The van der Waals surface area contributed by atoms with Crippen molar-refractivity contribution in [3.05, 3.63) is 89.2 Å². The quantitative estimate of drug-likeness (QED) is 0.129. The number of hydrogen-bond donors (Lipinski definition) is 2. The lowest BCUT2D eigenvalue weighted by Gasteiger charge is -2.26.